The molecule has 0 amide bonds. The number of benzene rings is 1. The van der Waals surface area contributed by atoms with Gasteiger partial charge in [-0.3, -0.25) is 0 Å². The van der Waals surface area contributed by atoms with Gasteiger partial charge in [-0.1, -0.05) is 29.9 Å². The standard InChI is InChI=1S/C12H8ClF2N3S/c13-7-4-6(14)5-8(15)11(7)18-10-3-1-2-9(17-10)12(16)19/h1-5H,(H2,16,19)(H,17,18). The molecule has 0 unspecified atom stereocenters. The van der Waals surface area contributed by atoms with E-state index in [1.54, 1.807) is 18.2 Å². The van der Waals surface area contributed by atoms with Gasteiger partial charge in [0.05, 0.1) is 16.4 Å². The van der Waals surface area contributed by atoms with Crippen molar-refractivity contribution in [3.8, 4) is 0 Å². The van der Waals surface area contributed by atoms with Crippen LogP contribution in [0.15, 0.2) is 30.3 Å². The molecule has 3 N–H and O–H groups in total. The van der Waals surface area contributed by atoms with E-state index in [0.29, 0.717) is 11.5 Å². The summed E-state index contributed by atoms with van der Waals surface area (Å²) in [6.45, 7) is 0. The average Bonchev–Trinajstić information content (AvgIpc) is 2.34. The number of pyridine rings is 1. The maximum Gasteiger partial charge on any atom is 0.151 e. The maximum atomic E-state index is 13.6. The molecular weight excluding hydrogens is 292 g/mol. The highest BCUT2D eigenvalue weighted by Gasteiger charge is 2.11. The Bertz CT molecular complexity index is 626. The highest BCUT2D eigenvalue weighted by atomic mass is 35.5. The van der Waals surface area contributed by atoms with E-state index in [1.165, 1.54) is 0 Å². The first-order chi connectivity index (χ1) is 8.97. The molecule has 0 saturated heterocycles. The zero-order valence-corrected chi connectivity index (χ0v) is 11.0. The molecule has 0 aliphatic rings. The number of hydrogen-bond acceptors (Lipinski definition) is 3. The first kappa shape index (κ1) is 13.6. The highest BCUT2D eigenvalue weighted by molar-refractivity contribution is 7.80. The number of thiocarbonyl (C=S) groups is 1. The maximum absolute atomic E-state index is 13.6. The van der Waals surface area contributed by atoms with Crippen LogP contribution in [-0.4, -0.2) is 9.97 Å². The first-order valence-corrected chi connectivity index (χ1v) is 5.94. The van der Waals surface area contributed by atoms with Gasteiger partial charge in [0, 0.05) is 6.07 Å². The lowest BCUT2D eigenvalue weighted by atomic mass is 10.3. The summed E-state index contributed by atoms with van der Waals surface area (Å²) < 4.78 is 26.5. The molecule has 19 heavy (non-hydrogen) atoms. The van der Waals surface area contributed by atoms with Crippen LogP contribution in [0.3, 0.4) is 0 Å². The van der Waals surface area contributed by atoms with E-state index in [0.717, 1.165) is 12.1 Å². The van der Waals surface area contributed by atoms with E-state index in [9.17, 15) is 8.78 Å². The number of hydrogen-bond donors (Lipinski definition) is 2. The Balaban J connectivity index is 2.36. The molecule has 0 spiro atoms. The Labute approximate surface area is 118 Å². The molecule has 3 nitrogen and oxygen atoms in total. The number of aromatic nitrogens is 1. The molecule has 7 heteroatoms. The van der Waals surface area contributed by atoms with Crippen molar-refractivity contribution >= 4 is 40.3 Å². The van der Waals surface area contributed by atoms with Gasteiger partial charge in [0.1, 0.15) is 16.6 Å². The Hall–Kier alpha value is -1.79. The first-order valence-electron chi connectivity index (χ1n) is 5.16. The van der Waals surface area contributed by atoms with Crippen LogP contribution in [-0.2, 0) is 0 Å². The monoisotopic (exact) mass is 299 g/mol. The quantitative estimate of drug-likeness (QED) is 0.853. The molecule has 0 bridgehead atoms. The third-order valence-corrected chi connectivity index (χ3v) is 2.77. The van der Waals surface area contributed by atoms with Gasteiger partial charge in [0.25, 0.3) is 0 Å². The molecule has 0 fully saturated rings. The minimum Gasteiger partial charge on any atom is -0.388 e. The Morgan fingerprint density at radius 3 is 2.68 bits per heavy atom. The van der Waals surface area contributed by atoms with Crippen LogP contribution in [0, 0.1) is 11.6 Å². The van der Waals surface area contributed by atoms with E-state index < -0.39 is 11.6 Å². The normalized spacial score (nSPS) is 10.3. The van der Waals surface area contributed by atoms with E-state index in [-0.39, 0.29) is 15.7 Å². The Morgan fingerprint density at radius 2 is 2.05 bits per heavy atom. The lowest BCUT2D eigenvalue weighted by Gasteiger charge is -2.09. The van der Waals surface area contributed by atoms with Crippen molar-refractivity contribution in [3.05, 3.63) is 52.7 Å². The molecule has 1 aromatic carbocycles. The van der Waals surface area contributed by atoms with Crippen molar-refractivity contribution in [2.75, 3.05) is 5.32 Å². The number of nitrogens with two attached hydrogens (primary N) is 1. The summed E-state index contributed by atoms with van der Waals surface area (Å²) in [6.07, 6.45) is 0. The average molecular weight is 300 g/mol. The molecule has 0 aliphatic heterocycles. The van der Waals surface area contributed by atoms with Crippen LogP contribution in [0.1, 0.15) is 5.69 Å². The van der Waals surface area contributed by atoms with Crippen LogP contribution in [0.4, 0.5) is 20.3 Å². The predicted octanol–water partition coefficient (Wildman–Crippen LogP) is 3.39. The Kier molecular flexibility index (Phi) is 3.92. The van der Waals surface area contributed by atoms with Crippen molar-refractivity contribution in [3.63, 3.8) is 0 Å². The lowest BCUT2D eigenvalue weighted by Crippen LogP contribution is -2.12. The predicted molar refractivity (Wildman–Crippen MR) is 74.8 cm³/mol. The molecule has 2 rings (SSSR count). The van der Waals surface area contributed by atoms with Gasteiger partial charge < -0.3 is 11.1 Å². The van der Waals surface area contributed by atoms with Gasteiger partial charge >= 0.3 is 0 Å². The second-order valence-electron chi connectivity index (χ2n) is 3.64. The van der Waals surface area contributed by atoms with Crippen LogP contribution >= 0.6 is 23.8 Å². The number of halogens is 3. The van der Waals surface area contributed by atoms with Crippen molar-refractivity contribution < 1.29 is 8.78 Å². The summed E-state index contributed by atoms with van der Waals surface area (Å²) in [5.41, 5.74) is 5.78. The number of nitrogens with one attached hydrogen (secondary N) is 1. The zero-order chi connectivity index (χ0) is 14.0. The molecule has 98 valence electrons. The molecule has 0 saturated carbocycles. The number of nitrogens with zero attached hydrogens (tertiary/aromatic N) is 1. The summed E-state index contributed by atoms with van der Waals surface area (Å²) in [5.74, 6) is -1.26. The fourth-order valence-corrected chi connectivity index (χ4v) is 1.79. The molecule has 2 aromatic rings. The van der Waals surface area contributed by atoms with Crippen LogP contribution in [0.5, 0.6) is 0 Å². The Morgan fingerprint density at radius 1 is 1.32 bits per heavy atom. The summed E-state index contributed by atoms with van der Waals surface area (Å²) in [6, 6.07) is 6.59. The molecule has 0 radical (unpaired) electrons. The van der Waals surface area contributed by atoms with Crippen LogP contribution in [0.2, 0.25) is 5.02 Å². The fourth-order valence-electron chi connectivity index (χ4n) is 1.43. The van der Waals surface area contributed by atoms with Gasteiger partial charge in [-0.05, 0) is 18.2 Å². The molecule has 0 atom stereocenters. The van der Waals surface area contributed by atoms with Crippen molar-refractivity contribution in [1.82, 2.24) is 4.98 Å². The highest BCUT2D eigenvalue weighted by Crippen LogP contribution is 2.28. The van der Waals surface area contributed by atoms with E-state index in [4.69, 9.17) is 29.6 Å². The van der Waals surface area contributed by atoms with Gasteiger partial charge in [-0.15, -0.1) is 0 Å². The van der Waals surface area contributed by atoms with Gasteiger partial charge in [-0.25, -0.2) is 13.8 Å². The van der Waals surface area contributed by atoms with Crippen LogP contribution < -0.4 is 11.1 Å². The SMILES string of the molecule is NC(=S)c1cccc(Nc2c(F)cc(F)cc2Cl)n1. The zero-order valence-electron chi connectivity index (χ0n) is 9.45. The summed E-state index contributed by atoms with van der Waals surface area (Å²) in [5, 5.41) is 2.58. The number of rotatable bonds is 3. The van der Waals surface area contributed by atoms with Crippen molar-refractivity contribution in [2.24, 2.45) is 5.73 Å². The van der Waals surface area contributed by atoms with Crippen molar-refractivity contribution in [2.45, 2.75) is 0 Å². The third kappa shape index (κ3) is 3.15. The van der Waals surface area contributed by atoms with E-state index >= 15 is 0 Å². The second kappa shape index (κ2) is 5.46. The fraction of sp³-hybridized carbons (Fsp3) is 0. The minimum atomic E-state index is -0.812. The third-order valence-electron chi connectivity index (χ3n) is 2.26. The largest absolute Gasteiger partial charge is 0.388 e. The summed E-state index contributed by atoms with van der Waals surface area (Å²) >= 11 is 10.6. The minimum absolute atomic E-state index is 0.0596. The summed E-state index contributed by atoms with van der Waals surface area (Å²) in [7, 11) is 0. The molecule has 1 heterocycles. The van der Waals surface area contributed by atoms with Crippen LogP contribution in [0.25, 0.3) is 0 Å². The number of anilines is 2. The van der Waals surface area contributed by atoms with Crippen molar-refractivity contribution in [1.29, 1.82) is 0 Å². The smallest absolute Gasteiger partial charge is 0.151 e. The second-order valence-corrected chi connectivity index (χ2v) is 4.49. The van der Waals surface area contributed by atoms with Gasteiger partial charge in [0.15, 0.2) is 5.82 Å². The molecule has 0 aliphatic carbocycles. The lowest BCUT2D eigenvalue weighted by molar-refractivity contribution is 0.586. The molecule has 1 aromatic heterocycles. The van der Waals surface area contributed by atoms with E-state index in [1.807, 2.05) is 0 Å². The molecular formula is C12H8ClF2N3S. The topological polar surface area (TPSA) is 50.9 Å². The van der Waals surface area contributed by atoms with Gasteiger partial charge in [0.2, 0.25) is 0 Å². The summed E-state index contributed by atoms with van der Waals surface area (Å²) in [4.78, 5) is 4.20. The van der Waals surface area contributed by atoms with Gasteiger partial charge in [-0.2, -0.15) is 0 Å². The van der Waals surface area contributed by atoms with E-state index in [2.05, 4.69) is 10.3 Å².